The second-order valence-electron chi connectivity index (χ2n) is 8.39. The maximum atomic E-state index is 12.8. The Balaban J connectivity index is 1.40. The minimum absolute atomic E-state index is 0.0945. The van der Waals surface area contributed by atoms with Crippen molar-refractivity contribution in [2.75, 3.05) is 11.1 Å². The van der Waals surface area contributed by atoms with Crippen LogP contribution in [0.1, 0.15) is 43.0 Å². The molecule has 1 atom stereocenters. The number of hydrogen-bond donors (Lipinski definition) is 2. The van der Waals surface area contributed by atoms with Crippen LogP contribution in [0.3, 0.4) is 0 Å². The number of carbonyl (C=O) groups is 2. The third-order valence-corrected chi connectivity index (χ3v) is 7.21. The average Bonchev–Trinajstić information content (AvgIpc) is 3.53. The quantitative estimate of drug-likeness (QED) is 0.276. The van der Waals surface area contributed by atoms with Gasteiger partial charge in [0.15, 0.2) is 16.1 Å². The molecule has 2 heterocycles. The molecular weight excluding hydrogens is 492 g/mol. The predicted octanol–water partition coefficient (Wildman–Crippen LogP) is 5.28. The molecule has 186 valence electrons. The van der Waals surface area contributed by atoms with Gasteiger partial charge in [0.05, 0.1) is 17.5 Å². The number of benzene rings is 2. The van der Waals surface area contributed by atoms with E-state index in [4.69, 9.17) is 0 Å². The number of hydrogen-bond acceptors (Lipinski definition) is 7. The van der Waals surface area contributed by atoms with E-state index >= 15 is 0 Å². The van der Waals surface area contributed by atoms with E-state index in [2.05, 4.69) is 25.8 Å². The van der Waals surface area contributed by atoms with Crippen LogP contribution in [0.15, 0.2) is 71.2 Å². The molecule has 0 aliphatic heterocycles. The van der Waals surface area contributed by atoms with Crippen LogP contribution in [-0.4, -0.2) is 37.3 Å². The van der Waals surface area contributed by atoms with E-state index in [-0.39, 0.29) is 29.5 Å². The number of amides is 2. The van der Waals surface area contributed by atoms with Crippen LogP contribution >= 0.6 is 23.1 Å². The molecule has 2 amide bonds. The van der Waals surface area contributed by atoms with Crippen molar-refractivity contribution in [3.05, 3.63) is 77.4 Å². The smallest absolute Gasteiger partial charge is 0.251 e. The summed E-state index contributed by atoms with van der Waals surface area (Å²) < 4.78 is 1.95. The van der Waals surface area contributed by atoms with Gasteiger partial charge in [0, 0.05) is 23.1 Å². The van der Waals surface area contributed by atoms with Crippen LogP contribution in [0.25, 0.3) is 11.3 Å². The fraction of sp³-hybridized carbons (Fsp3) is 0.269. The van der Waals surface area contributed by atoms with Crippen molar-refractivity contribution in [1.82, 2.24) is 25.1 Å². The Labute approximate surface area is 218 Å². The molecule has 0 aliphatic rings. The predicted molar refractivity (Wildman–Crippen MR) is 144 cm³/mol. The van der Waals surface area contributed by atoms with Crippen molar-refractivity contribution >= 4 is 40.0 Å². The third-order valence-electron chi connectivity index (χ3n) is 5.48. The lowest BCUT2D eigenvalue weighted by atomic mass is 10.0. The van der Waals surface area contributed by atoms with Crippen molar-refractivity contribution in [1.29, 1.82) is 0 Å². The molecule has 0 bridgehead atoms. The van der Waals surface area contributed by atoms with E-state index in [1.807, 2.05) is 79.2 Å². The minimum atomic E-state index is -0.319. The maximum Gasteiger partial charge on any atom is 0.251 e. The second-order valence-corrected chi connectivity index (χ2v) is 10.2. The number of thioether (sulfide) groups is 1. The van der Waals surface area contributed by atoms with Crippen LogP contribution < -0.4 is 10.6 Å². The molecule has 2 N–H and O–H groups in total. The zero-order chi connectivity index (χ0) is 25.5. The number of thiazole rings is 1. The van der Waals surface area contributed by atoms with Gasteiger partial charge in [-0.15, -0.1) is 21.5 Å². The second kappa shape index (κ2) is 12.0. The molecule has 2 aromatic carbocycles. The number of nitrogens with zero attached hydrogens (tertiary/aromatic N) is 4. The maximum absolute atomic E-state index is 12.8. The van der Waals surface area contributed by atoms with E-state index in [1.54, 1.807) is 12.1 Å². The Kier molecular flexibility index (Phi) is 8.50. The monoisotopic (exact) mass is 520 g/mol. The van der Waals surface area contributed by atoms with Gasteiger partial charge in [-0.2, -0.15) is 0 Å². The average molecular weight is 521 g/mol. The van der Waals surface area contributed by atoms with E-state index in [1.165, 1.54) is 23.1 Å². The molecule has 36 heavy (non-hydrogen) atoms. The molecule has 2 aromatic heterocycles. The lowest BCUT2D eigenvalue weighted by Gasteiger charge is -2.22. The summed E-state index contributed by atoms with van der Waals surface area (Å²) in [4.78, 5) is 29.9. The zero-order valence-electron chi connectivity index (χ0n) is 20.3. The zero-order valence-corrected chi connectivity index (χ0v) is 22.0. The van der Waals surface area contributed by atoms with Crippen LogP contribution in [0.4, 0.5) is 5.13 Å². The van der Waals surface area contributed by atoms with Gasteiger partial charge in [0.1, 0.15) is 0 Å². The van der Waals surface area contributed by atoms with E-state index in [0.717, 1.165) is 11.3 Å². The van der Waals surface area contributed by atoms with Gasteiger partial charge >= 0.3 is 0 Å². The minimum Gasteiger partial charge on any atom is -0.342 e. The van der Waals surface area contributed by atoms with Gasteiger partial charge in [-0.1, -0.05) is 74.1 Å². The molecule has 0 aliphatic carbocycles. The highest BCUT2D eigenvalue weighted by molar-refractivity contribution is 7.99. The highest BCUT2D eigenvalue weighted by Gasteiger charge is 2.26. The highest BCUT2D eigenvalue weighted by Crippen LogP contribution is 2.27. The molecule has 0 saturated carbocycles. The molecular formula is C26H28N6O2S2. The van der Waals surface area contributed by atoms with Crippen molar-refractivity contribution in [3.8, 4) is 11.3 Å². The first-order chi connectivity index (χ1) is 17.5. The molecule has 0 radical (unpaired) electrons. The van der Waals surface area contributed by atoms with Gasteiger partial charge in [0.25, 0.3) is 5.91 Å². The number of rotatable bonds is 10. The standard InChI is InChI=1S/C26H28N6O2S2/c1-4-32-23(22(17(2)3)29-24(34)19-13-9-6-10-14-19)30-31-26(32)36-16-21(33)28-25-27-20(15-35-25)18-11-7-5-8-12-18/h5-15,17,22H,4,16H2,1-3H3,(H,29,34)(H,27,28,33)/t22-/m1/s1. The van der Waals surface area contributed by atoms with Crippen LogP contribution in [0.2, 0.25) is 0 Å². The third kappa shape index (κ3) is 6.19. The van der Waals surface area contributed by atoms with Crippen molar-refractivity contribution < 1.29 is 9.59 Å². The molecule has 0 saturated heterocycles. The molecule has 4 aromatic rings. The topological polar surface area (TPSA) is 102 Å². The fourth-order valence-electron chi connectivity index (χ4n) is 3.64. The van der Waals surface area contributed by atoms with Gasteiger partial charge in [-0.05, 0) is 25.0 Å². The summed E-state index contributed by atoms with van der Waals surface area (Å²) in [5.74, 6) is 0.608. The molecule has 10 heteroatoms. The molecule has 4 rings (SSSR count). The number of nitrogens with one attached hydrogen (secondary N) is 2. The fourth-order valence-corrected chi connectivity index (χ4v) is 5.18. The summed E-state index contributed by atoms with van der Waals surface area (Å²) in [6.07, 6.45) is 0. The Morgan fingerprint density at radius 2 is 1.72 bits per heavy atom. The first kappa shape index (κ1) is 25.6. The number of carbonyl (C=O) groups excluding carboxylic acids is 2. The summed E-state index contributed by atoms with van der Waals surface area (Å²) in [7, 11) is 0. The largest absolute Gasteiger partial charge is 0.342 e. The highest BCUT2D eigenvalue weighted by atomic mass is 32.2. The van der Waals surface area contributed by atoms with Crippen molar-refractivity contribution in [2.45, 2.75) is 38.5 Å². The number of aromatic nitrogens is 4. The Bertz CT molecular complexity index is 1300. The molecule has 0 spiro atoms. The van der Waals surface area contributed by atoms with Gasteiger partial charge in [-0.3, -0.25) is 9.59 Å². The van der Waals surface area contributed by atoms with Crippen LogP contribution in [-0.2, 0) is 11.3 Å². The Morgan fingerprint density at radius 3 is 2.39 bits per heavy atom. The van der Waals surface area contributed by atoms with Crippen molar-refractivity contribution in [2.24, 2.45) is 5.92 Å². The summed E-state index contributed by atoms with van der Waals surface area (Å²) in [5.41, 5.74) is 2.43. The van der Waals surface area contributed by atoms with Gasteiger partial charge < -0.3 is 15.2 Å². The first-order valence-electron chi connectivity index (χ1n) is 11.7. The van der Waals surface area contributed by atoms with Crippen LogP contribution in [0.5, 0.6) is 0 Å². The normalized spacial score (nSPS) is 11.9. The molecule has 0 unspecified atom stereocenters. The summed E-state index contributed by atoms with van der Waals surface area (Å²) in [5, 5.41) is 17.8. The SMILES string of the molecule is CCn1c(SCC(=O)Nc2nc(-c3ccccc3)cs2)nnc1[C@H](NC(=O)c1ccccc1)C(C)C. The summed E-state index contributed by atoms with van der Waals surface area (Å²) in [6, 6.07) is 18.6. The lowest BCUT2D eigenvalue weighted by molar-refractivity contribution is -0.113. The molecule has 8 nitrogen and oxygen atoms in total. The summed E-state index contributed by atoms with van der Waals surface area (Å²) >= 11 is 2.70. The van der Waals surface area contributed by atoms with Gasteiger partial charge in [-0.25, -0.2) is 4.98 Å². The van der Waals surface area contributed by atoms with E-state index in [9.17, 15) is 9.59 Å². The first-order valence-corrected chi connectivity index (χ1v) is 13.6. The Hall–Kier alpha value is -3.50. The molecule has 0 fully saturated rings. The van der Waals surface area contributed by atoms with E-state index < -0.39 is 0 Å². The van der Waals surface area contributed by atoms with Crippen LogP contribution in [0, 0.1) is 5.92 Å². The number of anilines is 1. The van der Waals surface area contributed by atoms with E-state index in [0.29, 0.717) is 28.2 Å². The Morgan fingerprint density at radius 1 is 1.03 bits per heavy atom. The summed E-state index contributed by atoms with van der Waals surface area (Å²) in [6.45, 7) is 6.67. The van der Waals surface area contributed by atoms with Gasteiger partial charge in [0.2, 0.25) is 5.91 Å². The lowest BCUT2D eigenvalue weighted by Crippen LogP contribution is -2.33. The van der Waals surface area contributed by atoms with Crippen molar-refractivity contribution in [3.63, 3.8) is 0 Å².